The van der Waals surface area contributed by atoms with E-state index < -0.39 is 42.5 Å². The molecule has 2 aromatic heterocycles. The Morgan fingerprint density at radius 3 is 2.43 bits per heavy atom. The molecule has 4 aliphatic rings. The molecule has 2 fully saturated rings. The zero-order valence-corrected chi connectivity index (χ0v) is 40.4. The van der Waals surface area contributed by atoms with E-state index in [1.54, 1.807) is 12.3 Å². The van der Waals surface area contributed by atoms with Gasteiger partial charge in [-0.2, -0.15) is 4.98 Å². The van der Waals surface area contributed by atoms with E-state index in [1.807, 2.05) is 41.3 Å². The fraction of sp³-hybridized carbons (Fsp3) is 0.440. The number of allylic oxidation sites excluding steroid dienone is 1. The lowest BCUT2D eigenvalue weighted by atomic mass is 9.72. The number of nitrogens with one attached hydrogen (secondary N) is 3. The van der Waals surface area contributed by atoms with Gasteiger partial charge in [-0.05, 0) is 90.4 Å². The molecule has 0 unspecified atom stereocenters. The highest BCUT2D eigenvalue weighted by molar-refractivity contribution is 7.90. The SMILES string of the molecule is CC1(C)CCC(CN2CCN(c3ccc(C(=O)NS(=O)(=O)c4ccc(NCC5(F)CCOCC5)c([N+](=O)[O-])c4)c(N4CC(C)(C)COc5nc6[nH]ccc6cc54)c3)CC2)=C(c2ccc(Cl)cc2)C1. The number of H-pyrrole nitrogens is 1. The van der Waals surface area contributed by atoms with Crippen molar-refractivity contribution in [3.63, 3.8) is 0 Å². The molecule has 1 amide bonds. The summed E-state index contributed by atoms with van der Waals surface area (Å²) < 4.78 is 57.2. The van der Waals surface area contributed by atoms with Gasteiger partial charge in [0.15, 0.2) is 0 Å². The number of sulfonamides is 1. The third-order valence-corrected chi connectivity index (χ3v) is 15.3. The van der Waals surface area contributed by atoms with Crippen LogP contribution in [0.1, 0.15) is 75.7 Å². The second kappa shape index (κ2) is 18.6. The summed E-state index contributed by atoms with van der Waals surface area (Å²) >= 11 is 6.28. The number of anilines is 4. The molecule has 360 valence electrons. The van der Waals surface area contributed by atoms with Crippen LogP contribution in [0, 0.1) is 20.9 Å². The van der Waals surface area contributed by atoms with Crippen molar-refractivity contribution in [1.82, 2.24) is 19.6 Å². The largest absolute Gasteiger partial charge is 0.475 e. The van der Waals surface area contributed by atoms with Gasteiger partial charge in [-0.1, -0.05) is 57.0 Å². The average Bonchev–Trinajstić information content (AvgIpc) is 3.72. The topological polar surface area (TPSA) is 175 Å². The number of carbonyl (C=O) groups excluding carboxylic acids is 1. The number of hydrogen-bond acceptors (Lipinski definition) is 12. The molecule has 3 N–H and O–H groups in total. The van der Waals surface area contributed by atoms with E-state index in [0.29, 0.717) is 36.1 Å². The van der Waals surface area contributed by atoms with Gasteiger partial charge in [0, 0.05) is 106 Å². The molecule has 3 aliphatic heterocycles. The Hall–Kier alpha value is -5.75. The van der Waals surface area contributed by atoms with Gasteiger partial charge in [0.05, 0.1) is 27.7 Å². The molecule has 68 heavy (non-hydrogen) atoms. The monoisotopic (exact) mass is 968 g/mol. The molecule has 0 saturated carbocycles. The van der Waals surface area contributed by atoms with Gasteiger partial charge in [0.1, 0.15) is 22.7 Å². The van der Waals surface area contributed by atoms with Crippen LogP contribution in [0.3, 0.4) is 0 Å². The number of nitrogens with zero attached hydrogens (tertiary/aromatic N) is 5. The number of rotatable bonds is 12. The van der Waals surface area contributed by atoms with Crippen molar-refractivity contribution >= 4 is 72.6 Å². The number of piperazine rings is 1. The number of aromatic amines is 1. The van der Waals surface area contributed by atoms with Crippen molar-refractivity contribution in [2.24, 2.45) is 10.8 Å². The van der Waals surface area contributed by atoms with Gasteiger partial charge < -0.3 is 29.6 Å². The number of ether oxygens (including phenoxy) is 2. The number of pyridine rings is 1. The molecule has 9 rings (SSSR count). The standard InChI is InChI=1S/C50H58ClFN8O7S/c1-48(2)15-13-35(40(28-48)33-5-7-36(51)8-6-33)29-57-19-21-58(22-20-57)37-9-11-39(42(26-37)59-31-49(3,4)32-67-47-44(59)25-34-14-18-53-45(34)55-47)46(61)56-68(64,65)38-10-12-41(43(27-38)60(62)63)54-30-50(52)16-23-66-24-17-50/h5-12,14,18,25-27,54H,13,15-17,19-24,28-32H2,1-4H3,(H,53,55)(H,56,61). The van der Waals surface area contributed by atoms with E-state index in [-0.39, 0.29) is 49.3 Å². The predicted octanol–water partition coefficient (Wildman–Crippen LogP) is 9.52. The summed E-state index contributed by atoms with van der Waals surface area (Å²) in [5, 5.41) is 16.6. The van der Waals surface area contributed by atoms with Crippen molar-refractivity contribution in [1.29, 1.82) is 0 Å². The molecule has 5 heterocycles. The van der Waals surface area contributed by atoms with Crippen LogP contribution in [-0.2, 0) is 14.8 Å². The summed E-state index contributed by atoms with van der Waals surface area (Å²) in [4.78, 5) is 40.2. The third kappa shape index (κ3) is 10.3. The van der Waals surface area contributed by atoms with Crippen LogP contribution in [0.2, 0.25) is 5.02 Å². The van der Waals surface area contributed by atoms with Gasteiger partial charge in [0.2, 0.25) is 5.88 Å². The molecule has 3 aromatic carbocycles. The highest BCUT2D eigenvalue weighted by atomic mass is 35.5. The van der Waals surface area contributed by atoms with Gasteiger partial charge in [-0.3, -0.25) is 19.8 Å². The zero-order chi connectivity index (χ0) is 48.0. The summed E-state index contributed by atoms with van der Waals surface area (Å²) in [6, 6.07) is 20.7. The quantitative estimate of drug-likeness (QED) is 0.0799. The molecule has 0 bridgehead atoms. The lowest BCUT2D eigenvalue weighted by molar-refractivity contribution is -0.384. The van der Waals surface area contributed by atoms with Crippen molar-refractivity contribution in [2.45, 2.75) is 70.4 Å². The van der Waals surface area contributed by atoms with E-state index in [4.69, 9.17) is 26.1 Å². The van der Waals surface area contributed by atoms with Gasteiger partial charge in [-0.25, -0.2) is 17.5 Å². The van der Waals surface area contributed by atoms with Crippen molar-refractivity contribution in [2.75, 3.05) is 80.8 Å². The molecular weight excluding hydrogens is 911 g/mol. The number of amides is 1. The maximum absolute atomic E-state index is 15.4. The number of aromatic nitrogens is 2. The number of nitro groups is 1. The van der Waals surface area contributed by atoms with Crippen molar-refractivity contribution in [3.8, 4) is 5.88 Å². The summed E-state index contributed by atoms with van der Waals surface area (Å²) in [6.45, 7) is 13.6. The number of nitro benzene ring substituents is 1. The van der Waals surface area contributed by atoms with E-state index in [2.05, 4.69) is 64.7 Å². The number of hydrogen-bond donors (Lipinski definition) is 3. The summed E-state index contributed by atoms with van der Waals surface area (Å²) in [6.07, 6.45) is 5.19. The van der Waals surface area contributed by atoms with Gasteiger partial charge in [-0.15, -0.1) is 0 Å². The molecule has 15 nitrogen and oxygen atoms in total. The van der Waals surface area contributed by atoms with Crippen LogP contribution in [0.5, 0.6) is 5.88 Å². The highest BCUT2D eigenvalue weighted by Crippen LogP contribution is 2.45. The smallest absolute Gasteiger partial charge is 0.293 e. The second-order valence-corrected chi connectivity index (χ2v) is 22.3. The van der Waals surface area contributed by atoms with Crippen LogP contribution in [0.15, 0.2) is 89.5 Å². The minimum Gasteiger partial charge on any atom is -0.475 e. The first-order valence-electron chi connectivity index (χ1n) is 23.2. The lowest BCUT2D eigenvalue weighted by Crippen LogP contribution is -2.47. The highest BCUT2D eigenvalue weighted by Gasteiger charge is 2.36. The average molecular weight is 970 g/mol. The predicted molar refractivity (Wildman–Crippen MR) is 264 cm³/mol. The zero-order valence-electron chi connectivity index (χ0n) is 38.9. The fourth-order valence-electron chi connectivity index (χ4n) is 9.70. The van der Waals surface area contributed by atoms with Crippen molar-refractivity contribution in [3.05, 3.63) is 111 Å². The van der Waals surface area contributed by atoms with Crippen LogP contribution < -0.4 is 24.6 Å². The minimum absolute atomic E-state index is 0.0462. The van der Waals surface area contributed by atoms with Crippen LogP contribution in [0.4, 0.5) is 32.8 Å². The Morgan fingerprint density at radius 1 is 0.941 bits per heavy atom. The lowest BCUT2D eigenvalue weighted by Gasteiger charge is -2.39. The number of fused-ring (bicyclic) bond motifs is 2. The Balaban J connectivity index is 1.01. The molecule has 0 spiro atoms. The first-order valence-corrected chi connectivity index (χ1v) is 25.0. The number of carbonyl (C=O) groups is 1. The Morgan fingerprint density at radius 2 is 1.69 bits per heavy atom. The molecule has 1 aliphatic carbocycles. The Kier molecular flexibility index (Phi) is 13.0. The van der Waals surface area contributed by atoms with Crippen molar-refractivity contribution < 1.29 is 32.0 Å². The first-order chi connectivity index (χ1) is 32.3. The minimum atomic E-state index is -4.67. The Labute approximate surface area is 401 Å². The second-order valence-electron chi connectivity index (χ2n) is 20.1. The normalized spacial score (nSPS) is 19.5. The van der Waals surface area contributed by atoms with Crippen LogP contribution in [0.25, 0.3) is 16.6 Å². The molecule has 5 aromatic rings. The van der Waals surface area contributed by atoms with E-state index >= 15 is 4.39 Å². The van der Waals surface area contributed by atoms with Crippen LogP contribution >= 0.6 is 11.6 Å². The van der Waals surface area contributed by atoms with Crippen LogP contribution in [-0.4, -0.2) is 105 Å². The molecular formula is C50H58ClFN8O7S. The molecule has 0 atom stereocenters. The molecule has 0 radical (unpaired) electrons. The molecule has 2 saturated heterocycles. The number of alkyl halides is 1. The fourth-order valence-corrected chi connectivity index (χ4v) is 10.8. The number of benzene rings is 3. The number of halogens is 2. The van der Waals surface area contributed by atoms with Gasteiger partial charge in [0.25, 0.3) is 21.6 Å². The van der Waals surface area contributed by atoms with E-state index in [9.17, 15) is 23.3 Å². The Bertz CT molecular complexity index is 2870. The van der Waals surface area contributed by atoms with E-state index in [1.165, 1.54) is 22.8 Å². The maximum atomic E-state index is 15.4. The van der Waals surface area contributed by atoms with E-state index in [0.717, 1.165) is 80.2 Å². The first kappa shape index (κ1) is 47.3. The summed E-state index contributed by atoms with van der Waals surface area (Å²) in [5.74, 6) is -0.570. The third-order valence-electron chi connectivity index (χ3n) is 13.7. The maximum Gasteiger partial charge on any atom is 0.293 e. The summed E-state index contributed by atoms with van der Waals surface area (Å²) in [7, 11) is -4.67. The summed E-state index contributed by atoms with van der Waals surface area (Å²) in [5.41, 5.74) is 4.18. The van der Waals surface area contributed by atoms with Gasteiger partial charge >= 0.3 is 0 Å². The molecule has 18 heteroatoms.